The van der Waals surface area contributed by atoms with Gasteiger partial charge < -0.3 is 10.4 Å². The number of nitrogens with one attached hydrogen (secondary N) is 1. The molecule has 3 heteroatoms. The van der Waals surface area contributed by atoms with E-state index in [0.29, 0.717) is 6.54 Å². The zero-order valence-corrected chi connectivity index (χ0v) is 10.5. The summed E-state index contributed by atoms with van der Waals surface area (Å²) in [4.78, 5) is 0. The van der Waals surface area contributed by atoms with Crippen molar-refractivity contribution in [1.29, 1.82) is 0 Å². The molecule has 0 bridgehead atoms. The van der Waals surface area contributed by atoms with Crippen LogP contribution in [-0.2, 0) is 6.42 Å². The highest BCUT2D eigenvalue weighted by atomic mass is 127. The molecule has 0 fully saturated rings. The van der Waals surface area contributed by atoms with Crippen molar-refractivity contribution < 1.29 is 5.11 Å². The molecule has 0 spiro atoms. The molecule has 1 atom stereocenters. The number of rotatable bonds is 5. The second-order valence-corrected chi connectivity index (χ2v) is 4.68. The van der Waals surface area contributed by atoms with Crippen molar-refractivity contribution in [3.05, 3.63) is 33.4 Å². The lowest BCUT2D eigenvalue weighted by Gasteiger charge is -2.06. The van der Waals surface area contributed by atoms with Crippen molar-refractivity contribution in [3.63, 3.8) is 0 Å². The lowest BCUT2D eigenvalue weighted by atomic mass is 10.1. The molecular formula is C11H16INO. The standard InChI is InChI=1S/C11H16INO/c1-9(14)8-13-7-6-10-2-4-11(12)5-3-10/h2-5,9,13-14H,6-8H2,1H3. The van der Waals surface area contributed by atoms with Gasteiger partial charge in [-0.3, -0.25) is 0 Å². The van der Waals surface area contributed by atoms with Crippen LogP contribution in [-0.4, -0.2) is 24.3 Å². The summed E-state index contributed by atoms with van der Waals surface area (Å²) in [7, 11) is 0. The summed E-state index contributed by atoms with van der Waals surface area (Å²) in [5, 5.41) is 12.2. The Balaban J connectivity index is 2.21. The molecule has 0 saturated carbocycles. The second-order valence-electron chi connectivity index (χ2n) is 3.43. The smallest absolute Gasteiger partial charge is 0.0636 e. The molecule has 0 radical (unpaired) electrons. The maximum absolute atomic E-state index is 9.02. The number of aliphatic hydroxyl groups is 1. The first-order chi connectivity index (χ1) is 6.68. The van der Waals surface area contributed by atoms with Gasteiger partial charge in [0.25, 0.3) is 0 Å². The van der Waals surface area contributed by atoms with Crippen LogP contribution in [0.3, 0.4) is 0 Å². The first-order valence-electron chi connectivity index (χ1n) is 4.81. The van der Waals surface area contributed by atoms with Gasteiger partial charge in [0.15, 0.2) is 0 Å². The van der Waals surface area contributed by atoms with Crippen molar-refractivity contribution >= 4 is 22.6 Å². The van der Waals surface area contributed by atoms with Gasteiger partial charge in [-0.1, -0.05) is 12.1 Å². The number of halogens is 1. The lowest BCUT2D eigenvalue weighted by molar-refractivity contribution is 0.191. The van der Waals surface area contributed by atoms with Gasteiger partial charge in [-0.15, -0.1) is 0 Å². The summed E-state index contributed by atoms with van der Waals surface area (Å²) >= 11 is 2.30. The second kappa shape index (κ2) is 6.37. The third-order valence-corrected chi connectivity index (χ3v) is 2.66. The highest BCUT2D eigenvalue weighted by molar-refractivity contribution is 14.1. The molecule has 0 aliphatic rings. The molecule has 0 saturated heterocycles. The van der Waals surface area contributed by atoms with E-state index in [2.05, 4.69) is 52.2 Å². The SMILES string of the molecule is CC(O)CNCCc1ccc(I)cc1. The minimum atomic E-state index is -0.258. The first kappa shape index (κ1) is 11.9. The molecule has 0 amide bonds. The van der Waals surface area contributed by atoms with Crippen LogP contribution in [0.4, 0.5) is 0 Å². The van der Waals surface area contributed by atoms with Crippen molar-refractivity contribution in [3.8, 4) is 0 Å². The van der Waals surface area contributed by atoms with Crippen LogP contribution >= 0.6 is 22.6 Å². The fourth-order valence-corrected chi connectivity index (χ4v) is 1.55. The van der Waals surface area contributed by atoms with Gasteiger partial charge in [0.05, 0.1) is 6.10 Å². The van der Waals surface area contributed by atoms with Gasteiger partial charge in [-0.25, -0.2) is 0 Å². The highest BCUT2D eigenvalue weighted by Crippen LogP contribution is 2.06. The maximum atomic E-state index is 9.02. The molecule has 0 aliphatic carbocycles. The van der Waals surface area contributed by atoms with Crippen molar-refractivity contribution in [2.75, 3.05) is 13.1 Å². The Bertz CT molecular complexity index is 258. The van der Waals surface area contributed by atoms with E-state index in [-0.39, 0.29) is 6.10 Å². The van der Waals surface area contributed by atoms with Crippen LogP contribution in [0, 0.1) is 3.57 Å². The van der Waals surface area contributed by atoms with Gasteiger partial charge in [-0.2, -0.15) is 0 Å². The Labute approximate surface area is 98.9 Å². The van der Waals surface area contributed by atoms with Crippen molar-refractivity contribution in [1.82, 2.24) is 5.32 Å². The molecular weight excluding hydrogens is 289 g/mol. The summed E-state index contributed by atoms with van der Waals surface area (Å²) in [6.07, 6.45) is 0.760. The van der Waals surface area contributed by atoms with Crippen molar-refractivity contribution in [2.45, 2.75) is 19.4 Å². The van der Waals surface area contributed by atoms with E-state index in [4.69, 9.17) is 5.11 Å². The van der Waals surface area contributed by atoms with Crippen LogP contribution in [0.25, 0.3) is 0 Å². The summed E-state index contributed by atoms with van der Waals surface area (Å²) in [5.74, 6) is 0. The van der Waals surface area contributed by atoms with Gasteiger partial charge in [0.1, 0.15) is 0 Å². The summed E-state index contributed by atoms with van der Waals surface area (Å²) < 4.78 is 1.27. The normalized spacial score (nSPS) is 12.8. The molecule has 1 unspecified atom stereocenters. The van der Waals surface area contributed by atoms with E-state index < -0.39 is 0 Å². The van der Waals surface area contributed by atoms with Crippen LogP contribution in [0.2, 0.25) is 0 Å². The molecule has 1 aromatic carbocycles. The fraction of sp³-hybridized carbons (Fsp3) is 0.455. The Hall–Kier alpha value is -0.130. The first-order valence-corrected chi connectivity index (χ1v) is 5.89. The van der Waals surface area contributed by atoms with Crippen LogP contribution in [0.1, 0.15) is 12.5 Å². The largest absolute Gasteiger partial charge is 0.392 e. The van der Waals surface area contributed by atoms with E-state index in [0.717, 1.165) is 13.0 Å². The van der Waals surface area contributed by atoms with Gasteiger partial charge in [-0.05, 0) is 60.2 Å². The van der Waals surface area contributed by atoms with Crippen molar-refractivity contribution in [2.24, 2.45) is 0 Å². The predicted molar refractivity (Wildman–Crippen MR) is 67.4 cm³/mol. The van der Waals surface area contributed by atoms with E-state index in [1.807, 2.05) is 0 Å². The highest BCUT2D eigenvalue weighted by Gasteiger charge is 1.95. The van der Waals surface area contributed by atoms with E-state index in [1.54, 1.807) is 6.92 Å². The molecule has 0 aromatic heterocycles. The Morgan fingerprint density at radius 2 is 2.00 bits per heavy atom. The number of benzene rings is 1. The van der Waals surface area contributed by atoms with E-state index >= 15 is 0 Å². The van der Waals surface area contributed by atoms with Crippen LogP contribution in [0.5, 0.6) is 0 Å². The average molecular weight is 305 g/mol. The minimum Gasteiger partial charge on any atom is -0.392 e. The average Bonchev–Trinajstić information content (AvgIpc) is 2.15. The molecule has 2 N–H and O–H groups in total. The molecule has 0 heterocycles. The predicted octanol–water partition coefficient (Wildman–Crippen LogP) is 1.80. The number of hydrogen-bond donors (Lipinski definition) is 2. The maximum Gasteiger partial charge on any atom is 0.0636 e. The third kappa shape index (κ3) is 4.93. The quantitative estimate of drug-likeness (QED) is 0.642. The summed E-state index contributed by atoms with van der Waals surface area (Å²) in [6.45, 7) is 3.38. The Morgan fingerprint density at radius 1 is 1.36 bits per heavy atom. The number of hydrogen-bond acceptors (Lipinski definition) is 2. The molecule has 1 rings (SSSR count). The van der Waals surface area contributed by atoms with Crippen LogP contribution < -0.4 is 5.32 Å². The fourth-order valence-electron chi connectivity index (χ4n) is 1.19. The molecule has 2 nitrogen and oxygen atoms in total. The Kier molecular flexibility index (Phi) is 5.44. The lowest BCUT2D eigenvalue weighted by Crippen LogP contribution is -2.26. The molecule has 0 aliphatic heterocycles. The van der Waals surface area contributed by atoms with Gasteiger partial charge in [0.2, 0.25) is 0 Å². The molecule has 78 valence electrons. The van der Waals surface area contributed by atoms with Crippen LogP contribution in [0.15, 0.2) is 24.3 Å². The number of aliphatic hydroxyl groups excluding tert-OH is 1. The molecule has 14 heavy (non-hydrogen) atoms. The van der Waals surface area contributed by atoms with Gasteiger partial charge in [0, 0.05) is 10.1 Å². The van der Waals surface area contributed by atoms with E-state index in [9.17, 15) is 0 Å². The Morgan fingerprint density at radius 3 is 2.57 bits per heavy atom. The summed E-state index contributed by atoms with van der Waals surface area (Å²) in [6, 6.07) is 8.52. The van der Waals surface area contributed by atoms with Gasteiger partial charge >= 0.3 is 0 Å². The van der Waals surface area contributed by atoms with E-state index in [1.165, 1.54) is 9.13 Å². The zero-order chi connectivity index (χ0) is 10.4. The molecule has 1 aromatic rings. The minimum absolute atomic E-state index is 0.258. The zero-order valence-electron chi connectivity index (χ0n) is 8.33. The monoisotopic (exact) mass is 305 g/mol. The third-order valence-electron chi connectivity index (χ3n) is 1.94. The summed E-state index contributed by atoms with van der Waals surface area (Å²) in [5.41, 5.74) is 1.34. The topological polar surface area (TPSA) is 32.3 Å².